The smallest absolute Gasteiger partial charge is 0.326 e. The molecule has 19 heavy (non-hydrogen) atoms. The van der Waals surface area contributed by atoms with Crippen LogP contribution in [0.15, 0.2) is 0 Å². The summed E-state index contributed by atoms with van der Waals surface area (Å²) in [6, 6.07) is -0.972. The lowest BCUT2D eigenvalue weighted by Crippen LogP contribution is -2.57. The van der Waals surface area contributed by atoms with Crippen molar-refractivity contribution < 1.29 is 14.7 Å². The van der Waals surface area contributed by atoms with Crippen LogP contribution in [0.5, 0.6) is 0 Å². The largest absolute Gasteiger partial charge is 0.480 e. The number of hydrogen-bond donors (Lipinski definition) is 2. The number of piperazine rings is 1. The second kappa shape index (κ2) is 6.75. The third kappa shape index (κ3) is 4.70. The molecule has 0 aliphatic carbocycles. The fourth-order valence-electron chi connectivity index (χ4n) is 2.37. The van der Waals surface area contributed by atoms with Crippen molar-refractivity contribution in [2.24, 2.45) is 5.92 Å². The molecule has 6 nitrogen and oxygen atoms in total. The van der Waals surface area contributed by atoms with Gasteiger partial charge in [-0.3, -0.25) is 0 Å². The van der Waals surface area contributed by atoms with Gasteiger partial charge in [0.1, 0.15) is 6.04 Å². The van der Waals surface area contributed by atoms with E-state index in [0.29, 0.717) is 13.0 Å². The van der Waals surface area contributed by atoms with Crippen LogP contribution in [-0.4, -0.2) is 65.7 Å². The summed E-state index contributed by atoms with van der Waals surface area (Å²) in [5, 5.41) is 11.8. The lowest BCUT2D eigenvalue weighted by atomic mass is 10.0. The predicted octanol–water partition coefficient (Wildman–Crippen LogP) is 0.831. The highest BCUT2D eigenvalue weighted by molar-refractivity contribution is 5.82. The maximum atomic E-state index is 12.1. The Morgan fingerprint density at radius 2 is 2.00 bits per heavy atom. The van der Waals surface area contributed by atoms with Crippen LogP contribution in [0.4, 0.5) is 4.79 Å². The Morgan fingerprint density at radius 1 is 1.37 bits per heavy atom. The van der Waals surface area contributed by atoms with Crippen molar-refractivity contribution in [2.75, 3.05) is 26.7 Å². The third-order valence-corrected chi connectivity index (χ3v) is 3.39. The number of urea groups is 1. The minimum atomic E-state index is -0.969. The van der Waals surface area contributed by atoms with Crippen molar-refractivity contribution >= 4 is 12.0 Å². The molecule has 1 heterocycles. The molecule has 0 bridgehead atoms. The molecule has 0 saturated carbocycles. The summed E-state index contributed by atoms with van der Waals surface area (Å²) >= 11 is 0. The lowest BCUT2D eigenvalue weighted by Gasteiger charge is -2.38. The SMILES string of the molecule is CC(C)C[C@@H](NC(=O)N1CCN(C)CC1C)C(=O)O. The van der Waals surface area contributed by atoms with Gasteiger partial charge in [-0.05, 0) is 26.3 Å². The molecule has 2 atom stereocenters. The highest BCUT2D eigenvalue weighted by Gasteiger charge is 2.29. The number of hydrogen-bond acceptors (Lipinski definition) is 3. The summed E-state index contributed by atoms with van der Waals surface area (Å²) in [6.07, 6.45) is 0.448. The van der Waals surface area contributed by atoms with E-state index in [1.54, 1.807) is 4.90 Å². The first-order chi connectivity index (χ1) is 8.81. The summed E-state index contributed by atoms with van der Waals surface area (Å²) in [4.78, 5) is 27.2. The van der Waals surface area contributed by atoms with Gasteiger partial charge >= 0.3 is 12.0 Å². The summed E-state index contributed by atoms with van der Waals surface area (Å²) < 4.78 is 0. The normalized spacial score (nSPS) is 22.4. The van der Waals surface area contributed by atoms with Crippen LogP contribution in [0, 0.1) is 5.92 Å². The number of aliphatic carboxylic acids is 1. The first-order valence-corrected chi connectivity index (χ1v) is 6.79. The average Bonchev–Trinajstić information content (AvgIpc) is 2.26. The number of likely N-dealkylation sites (N-methyl/N-ethyl adjacent to an activating group) is 1. The Balaban J connectivity index is 2.59. The van der Waals surface area contributed by atoms with E-state index in [9.17, 15) is 9.59 Å². The molecule has 0 radical (unpaired) electrons. The molecule has 1 aliphatic rings. The number of carbonyl (C=O) groups is 2. The Hall–Kier alpha value is -1.30. The molecule has 1 aliphatic heterocycles. The van der Waals surface area contributed by atoms with E-state index in [1.165, 1.54) is 0 Å². The highest BCUT2D eigenvalue weighted by atomic mass is 16.4. The van der Waals surface area contributed by atoms with Gasteiger partial charge in [-0.15, -0.1) is 0 Å². The van der Waals surface area contributed by atoms with Crippen LogP contribution in [0.25, 0.3) is 0 Å². The monoisotopic (exact) mass is 271 g/mol. The van der Waals surface area contributed by atoms with Gasteiger partial charge in [-0.25, -0.2) is 9.59 Å². The number of rotatable bonds is 4. The van der Waals surface area contributed by atoms with Gasteiger partial charge in [-0.2, -0.15) is 0 Å². The zero-order valence-corrected chi connectivity index (χ0v) is 12.2. The van der Waals surface area contributed by atoms with E-state index in [0.717, 1.165) is 13.1 Å². The zero-order valence-electron chi connectivity index (χ0n) is 12.2. The van der Waals surface area contributed by atoms with E-state index in [1.807, 2.05) is 27.8 Å². The van der Waals surface area contributed by atoms with Gasteiger partial charge in [0.2, 0.25) is 0 Å². The second-order valence-electron chi connectivity index (χ2n) is 5.77. The Bertz CT molecular complexity index is 333. The number of nitrogens with one attached hydrogen (secondary N) is 1. The van der Waals surface area contributed by atoms with Gasteiger partial charge in [0.05, 0.1) is 0 Å². The molecule has 2 N–H and O–H groups in total. The fourth-order valence-corrected chi connectivity index (χ4v) is 2.37. The molecule has 1 rings (SSSR count). The minimum absolute atomic E-state index is 0.104. The number of nitrogens with zero attached hydrogens (tertiary/aromatic N) is 2. The first-order valence-electron chi connectivity index (χ1n) is 6.79. The van der Waals surface area contributed by atoms with E-state index in [-0.39, 0.29) is 18.0 Å². The molecule has 2 amide bonds. The molecule has 0 aromatic heterocycles. The molecule has 1 fully saturated rings. The first kappa shape index (κ1) is 15.8. The summed E-state index contributed by atoms with van der Waals surface area (Å²) in [5.41, 5.74) is 0. The Kier molecular flexibility index (Phi) is 5.60. The van der Waals surface area contributed by atoms with E-state index < -0.39 is 12.0 Å². The van der Waals surface area contributed by atoms with Crippen molar-refractivity contribution in [3.05, 3.63) is 0 Å². The molecule has 0 aromatic carbocycles. The minimum Gasteiger partial charge on any atom is -0.480 e. The van der Waals surface area contributed by atoms with Crippen LogP contribution < -0.4 is 5.32 Å². The topological polar surface area (TPSA) is 72.9 Å². The zero-order chi connectivity index (χ0) is 14.6. The van der Waals surface area contributed by atoms with Crippen LogP contribution in [0.1, 0.15) is 27.2 Å². The number of amides is 2. The van der Waals surface area contributed by atoms with Gasteiger partial charge < -0.3 is 20.2 Å². The maximum Gasteiger partial charge on any atom is 0.326 e. The summed E-state index contributed by atoms with van der Waals surface area (Å²) in [6.45, 7) is 8.14. The predicted molar refractivity (Wildman–Crippen MR) is 73.1 cm³/mol. The Labute approximate surface area is 114 Å². The van der Waals surface area contributed by atoms with E-state index >= 15 is 0 Å². The summed E-state index contributed by atoms with van der Waals surface area (Å²) in [7, 11) is 2.02. The quantitative estimate of drug-likeness (QED) is 0.794. The van der Waals surface area contributed by atoms with Gasteiger partial charge in [-0.1, -0.05) is 13.8 Å². The molecule has 6 heteroatoms. The fraction of sp³-hybridized carbons (Fsp3) is 0.846. The van der Waals surface area contributed by atoms with Crippen molar-refractivity contribution in [3.63, 3.8) is 0 Å². The van der Waals surface area contributed by atoms with Gasteiger partial charge in [0.15, 0.2) is 0 Å². The molecule has 110 valence electrons. The van der Waals surface area contributed by atoms with E-state index in [2.05, 4.69) is 10.2 Å². The maximum absolute atomic E-state index is 12.1. The molecular formula is C13H25N3O3. The van der Waals surface area contributed by atoms with Gasteiger partial charge in [0.25, 0.3) is 0 Å². The van der Waals surface area contributed by atoms with Crippen LogP contribution in [0.3, 0.4) is 0 Å². The lowest BCUT2D eigenvalue weighted by molar-refractivity contribution is -0.139. The van der Waals surface area contributed by atoms with Gasteiger partial charge in [0, 0.05) is 25.7 Å². The number of carboxylic acid groups (broad SMARTS) is 1. The highest BCUT2D eigenvalue weighted by Crippen LogP contribution is 2.10. The van der Waals surface area contributed by atoms with Crippen molar-refractivity contribution in [1.82, 2.24) is 15.1 Å². The molecule has 1 saturated heterocycles. The molecule has 1 unspecified atom stereocenters. The third-order valence-electron chi connectivity index (χ3n) is 3.39. The number of carboxylic acids is 1. The number of carbonyl (C=O) groups excluding carboxylic acids is 1. The van der Waals surface area contributed by atoms with Crippen molar-refractivity contribution in [2.45, 2.75) is 39.3 Å². The molecular weight excluding hydrogens is 246 g/mol. The van der Waals surface area contributed by atoms with Crippen LogP contribution in [-0.2, 0) is 4.79 Å². The van der Waals surface area contributed by atoms with Crippen LogP contribution >= 0.6 is 0 Å². The van der Waals surface area contributed by atoms with Crippen molar-refractivity contribution in [3.8, 4) is 0 Å². The Morgan fingerprint density at radius 3 is 2.47 bits per heavy atom. The molecule has 0 spiro atoms. The summed E-state index contributed by atoms with van der Waals surface area (Å²) in [5.74, 6) is -0.741. The average molecular weight is 271 g/mol. The van der Waals surface area contributed by atoms with Crippen molar-refractivity contribution in [1.29, 1.82) is 0 Å². The van der Waals surface area contributed by atoms with Crippen LogP contribution in [0.2, 0.25) is 0 Å². The second-order valence-corrected chi connectivity index (χ2v) is 5.77. The standard InChI is InChI=1S/C13H25N3O3/c1-9(2)7-11(12(17)18)14-13(19)16-6-5-15(4)8-10(16)3/h9-11H,5-8H2,1-4H3,(H,14,19)(H,17,18)/t10?,11-/m1/s1. The molecule has 0 aromatic rings. The van der Waals surface area contributed by atoms with E-state index in [4.69, 9.17) is 5.11 Å².